The van der Waals surface area contributed by atoms with Crippen molar-refractivity contribution in [1.82, 2.24) is 24.8 Å². The number of aromatic nitrogens is 4. The maximum Gasteiger partial charge on any atom is 0.410 e. The first-order valence-corrected chi connectivity index (χ1v) is 14.3. The number of likely N-dealkylation sites (tertiary alicyclic amines) is 1. The molecule has 0 saturated carbocycles. The highest BCUT2D eigenvalue weighted by Gasteiger charge is 2.35. The smallest absolute Gasteiger partial charge is 0.410 e. The van der Waals surface area contributed by atoms with Crippen LogP contribution in [0.25, 0.3) is 33.5 Å². The van der Waals surface area contributed by atoms with E-state index in [4.69, 9.17) is 35.5 Å². The maximum absolute atomic E-state index is 12.7. The topological polar surface area (TPSA) is 121 Å². The number of thiazole rings is 2. The minimum Gasteiger partial charge on any atom is -0.464 e. The summed E-state index contributed by atoms with van der Waals surface area (Å²) in [4.78, 5) is 44.9. The molecular weight excluding hydrogens is 562 g/mol. The number of carbonyl (C=O) groups excluding carboxylic acids is 2. The van der Waals surface area contributed by atoms with Crippen LogP contribution in [-0.2, 0) is 9.47 Å². The van der Waals surface area contributed by atoms with Crippen LogP contribution in [0.15, 0.2) is 27.3 Å². The minimum atomic E-state index is -0.589. The first-order valence-electron chi connectivity index (χ1n) is 12.2. The molecule has 1 aliphatic heterocycles. The van der Waals surface area contributed by atoms with E-state index in [1.807, 2.05) is 31.5 Å². The lowest BCUT2D eigenvalue weighted by atomic mass is 10.1. The Balaban J connectivity index is 1.43. The molecule has 4 aromatic rings. The van der Waals surface area contributed by atoms with Gasteiger partial charge in [0.2, 0.25) is 5.89 Å². The molecule has 1 aliphatic rings. The van der Waals surface area contributed by atoms with Crippen molar-refractivity contribution in [2.75, 3.05) is 13.7 Å². The molecule has 39 heavy (non-hydrogen) atoms. The van der Waals surface area contributed by atoms with E-state index in [2.05, 4.69) is 9.97 Å². The summed E-state index contributed by atoms with van der Waals surface area (Å²) >= 11 is 9.14. The van der Waals surface area contributed by atoms with Crippen molar-refractivity contribution in [2.24, 2.45) is 0 Å². The number of aryl methyl sites for hydroxylation is 1. The Hall–Kier alpha value is -3.35. The zero-order chi connectivity index (χ0) is 27.9. The van der Waals surface area contributed by atoms with Crippen LogP contribution in [-0.4, -0.2) is 56.2 Å². The number of carbonyl (C=O) groups is 2. The number of methoxy groups -OCH3 is 1. The van der Waals surface area contributed by atoms with Crippen LogP contribution in [0.5, 0.6) is 0 Å². The van der Waals surface area contributed by atoms with Crippen LogP contribution in [0.3, 0.4) is 0 Å². The number of hydrogen-bond donors (Lipinski definition) is 0. The zero-order valence-electron chi connectivity index (χ0n) is 22.0. The third-order valence-corrected chi connectivity index (χ3v) is 7.94. The Morgan fingerprint density at radius 2 is 1.87 bits per heavy atom. The molecule has 10 nitrogen and oxygen atoms in total. The van der Waals surface area contributed by atoms with Gasteiger partial charge in [0.25, 0.3) is 0 Å². The third kappa shape index (κ3) is 5.68. The quantitative estimate of drug-likeness (QED) is 0.183. The number of hydrogen-bond acceptors (Lipinski definition) is 11. The average Bonchev–Trinajstić information content (AvgIpc) is 3.68. The lowest BCUT2D eigenvalue weighted by Crippen LogP contribution is -2.36. The second kappa shape index (κ2) is 10.7. The molecule has 0 N–H and O–H groups in total. The van der Waals surface area contributed by atoms with Crippen LogP contribution in [0.4, 0.5) is 4.79 Å². The highest BCUT2D eigenvalue weighted by molar-refractivity contribution is 7.14. The molecule has 13 heteroatoms. The van der Waals surface area contributed by atoms with Crippen LogP contribution in [0.1, 0.15) is 60.9 Å². The number of amides is 1. The monoisotopic (exact) mass is 587 g/mol. The van der Waals surface area contributed by atoms with Gasteiger partial charge >= 0.3 is 12.1 Å². The number of pyridine rings is 1. The Morgan fingerprint density at radius 1 is 1.10 bits per heavy atom. The van der Waals surface area contributed by atoms with Crippen LogP contribution in [0, 0.1) is 6.92 Å². The summed E-state index contributed by atoms with van der Waals surface area (Å²) in [7, 11) is 1.29. The molecule has 1 amide bonds. The minimum absolute atomic E-state index is 0.0923. The summed E-state index contributed by atoms with van der Waals surface area (Å²) in [6, 6.07) is 3.22. The second-order valence-electron chi connectivity index (χ2n) is 9.89. The van der Waals surface area contributed by atoms with Crippen molar-refractivity contribution in [3.8, 4) is 33.5 Å². The molecular formula is C26H26ClN5O5S2. The van der Waals surface area contributed by atoms with E-state index in [9.17, 15) is 9.59 Å². The molecule has 0 aromatic carbocycles. The summed E-state index contributed by atoms with van der Waals surface area (Å²) in [6.07, 6.45) is 1.39. The fourth-order valence-electron chi connectivity index (χ4n) is 4.20. The van der Waals surface area contributed by atoms with E-state index < -0.39 is 11.6 Å². The predicted octanol–water partition coefficient (Wildman–Crippen LogP) is 6.80. The molecule has 0 unspecified atom stereocenters. The molecule has 204 valence electrons. The van der Waals surface area contributed by atoms with Gasteiger partial charge in [-0.05, 0) is 52.7 Å². The Morgan fingerprint density at radius 3 is 2.62 bits per heavy atom. The lowest BCUT2D eigenvalue weighted by molar-refractivity contribution is 0.0224. The second-order valence-corrected chi connectivity index (χ2v) is 12.0. The van der Waals surface area contributed by atoms with Crippen molar-refractivity contribution in [3.05, 3.63) is 44.5 Å². The summed E-state index contributed by atoms with van der Waals surface area (Å²) < 4.78 is 16.2. The van der Waals surface area contributed by atoms with Crippen molar-refractivity contribution < 1.29 is 23.5 Å². The largest absolute Gasteiger partial charge is 0.464 e. The summed E-state index contributed by atoms with van der Waals surface area (Å²) in [5, 5.41) is 5.61. The first-order chi connectivity index (χ1) is 18.5. The molecule has 5 rings (SSSR count). The number of ether oxygens (including phenoxy) is 2. The van der Waals surface area contributed by atoms with Crippen molar-refractivity contribution >= 4 is 46.3 Å². The standard InChI is InChI=1S/C26H26ClN5O5S2/c1-13-19(24(33)35-5)31-21(36-13)14-8-9-18(27)30-20(14)15-11-38-22(28-15)16-12-39-23(29-16)17-7-6-10-32(17)25(34)37-26(2,3)4/h8-9,11-12,17H,6-7,10H2,1-5H3/t17-/m0/s1. The summed E-state index contributed by atoms with van der Waals surface area (Å²) in [6.45, 7) is 7.86. The highest BCUT2D eigenvalue weighted by atomic mass is 35.5. The molecule has 4 aromatic heterocycles. The molecule has 1 saturated heterocycles. The number of halogens is 1. The van der Waals surface area contributed by atoms with E-state index in [1.54, 1.807) is 24.0 Å². The maximum atomic E-state index is 12.7. The van der Waals surface area contributed by atoms with Gasteiger partial charge in [-0.1, -0.05) is 11.6 Å². The van der Waals surface area contributed by atoms with E-state index in [0.717, 1.165) is 17.8 Å². The van der Waals surface area contributed by atoms with Gasteiger partial charge in [0, 0.05) is 17.3 Å². The number of oxazole rings is 1. The third-order valence-electron chi connectivity index (χ3n) is 5.92. The Kier molecular flexibility index (Phi) is 7.45. The summed E-state index contributed by atoms with van der Waals surface area (Å²) in [5.74, 6) is -0.0474. The number of rotatable bonds is 5. The molecule has 5 heterocycles. The van der Waals surface area contributed by atoms with Crippen molar-refractivity contribution in [2.45, 2.75) is 52.2 Å². The van der Waals surface area contributed by atoms with Crippen LogP contribution < -0.4 is 0 Å². The van der Waals surface area contributed by atoms with Crippen molar-refractivity contribution in [1.29, 1.82) is 0 Å². The van der Waals surface area contributed by atoms with Crippen LogP contribution >= 0.6 is 34.3 Å². The fourth-order valence-corrected chi connectivity index (χ4v) is 6.14. The van der Waals surface area contributed by atoms with Gasteiger partial charge in [0.05, 0.1) is 18.7 Å². The van der Waals surface area contributed by atoms with Gasteiger partial charge in [0.15, 0.2) is 5.69 Å². The van der Waals surface area contributed by atoms with Gasteiger partial charge in [-0.3, -0.25) is 4.90 Å². The van der Waals surface area contributed by atoms with E-state index in [-0.39, 0.29) is 28.9 Å². The predicted molar refractivity (Wildman–Crippen MR) is 148 cm³/mol. The average molecular weight is 588 g/mol. The molecule has 0 radical (unpaired) electrons. The van der Waals surface area contributed by atoms with E-state index in [1.165, 1.54) is 29.8 Å². The fraction of sp³-hybridized carbons (Fsp3) is 0.385. The first kappa shape index (κ1) is 27.2. The highest BCUT2D eigenvalue weighted by Crippen LogP contribution is 2.39. The Labute approximate surface area is 238 Å². The number of esters is 1. The molecule has 1 fully saturated rings. The number of nitrogens with zero attached hydrogens (tertiary/aromatic N) is 5. The van der Waals surface area contributed by atoms with E-state index >= 15 is 0 Å². The summed E-state index contributed by atoms with van der Waals surface area (Å²) in [5.41, 5.74) is 1.81. The SMILES string of the molecule is COC(=O)c1nc(-c2ccc(Cl)nc2-c2csc(-c3csc([C@@H]4CCCN4C(=O)OC(C)(C)C)n3)n2)oc1C. The van der Waals surface area contributed by atoms with Gasteiger partial charge in [-0.2, -0.15) is 0 Å². The molecule has 0 bridgehead atoms. The zero-order valence-corrected chi connectivity index (χ0v) is 24.4. The molecule has 0 spiro atoms. The lowest BCUT2D eigenvalue weighted by Gasteiger charge is -2.27. The van der Waals surface area contributed by atoms with Gasteiger partial charge in [-0.25, -0.2) is 29.5 Å². The van der Waals surface area contributed by atoms with Crippen molar-refractivity contribution in [3.63, 3.8) is 0 Å². The molecule has 1 atom stereocenters. The van der Waals surface area contributed by atoms with E-state index in [0.29, 0.717) is 40.0 Å². The van der Waals surface area contributed by atoms with Gasteiger partial charge < -0.3 is 13.9 Å². The van der Waals surface area contributed by atoms with Gasteiger partial charge in [0.1, 0.15) is 43.6 Å². The van der Waals surface area contributed by atoms with Crippen LogP contribution in [0.2, 0.25) is 5.15 Å². The molecule has 0 aliphatic carbocycles. The van der Waals surface area contributed by atoms with Gasteiger partial charge in [-0.15, -0.1) is 22.7 Å². The Bertz CT molecular complexity index is 1540. The normalized spacial score (nSPS) is 15.5.